The predicted octanol–water partition coefficient (Wildman–Crippen LogP) is 5.57. The average Bonchev–Trinajstić information content (AvgIpc) is 1.34. The maximum absolute atomic E-state index is 14.4. The molecule has 1 amide bonds. The fraction of sp³-hybridized carbons (Fsp3) is 0.333. The number of nitrogens with zero attached hydrogens (tertiary/aromatic N) is 3. The van der Waals surface area contributed by atoms with Crippen molar-refractivity contribution in [1.82, 2.24) is 15.1 Å². The van der Waals surface area contributed by atoms with Crippen LogP contribution in [0.4, 0.5) is 173 Å². The van der Waals surface area contributed by atoms with Crippen molar-refractivity contribution in [2.24, 2.45) is 0 Å². The summed E-state index contributed by atoms with van der Waals surface area (Å²) >= 11 is 15.1. The zero-order valence-corrected chi connectivity index (χ0v) is 54.4. The highest BCUT2D eigenvalue weighted by molar-refractivity contribution is 7.92. The number of alkyl halides is 2. The van der Waals surface area contributed by atoms with Crippen molar-refractivity contribution in [3.8, 4) is 11.5 Å². The van der Waals surface area contributed by atoms with Crippen LogP contribution in [0.2, 0.25) is 0 Å². The molecule has 1 aliphatic heterocycles. The first kappa shape index (κ1) is 104. The van der Waals surface area contributed by atoms with Crippen molar-refractivity contribution < 1.29 is 187 Å². The summed E-state index contributed by atoms with van der Waals surface area (Å²) in [5.74, 6) is 0.149. The van der Waals surface area contributed by atoms with Crippen LogP contribution in [0.5, 0.6) is 0 Å². The summed E-state index contributed by atoms with van der Waals surface area (Å²) in [4.78, 5) is 22.7. The number of halogens is 43. The number of benzene rings is 1. The molecule has 0 aliphatic carbocycles. The molecule has 3 rings (SSSR count). The number of carbonyl (C=O) groups excluding carboxylic acids is 2. The highest BCUT2D eigenvalue weighted by Gasteiger charge is 2.71. The summed E-state index contributed by atoms with van der Waals surface area (Å²) in [5.41, 5.74) is 1.96. The zero-order chi connectivity index (χ0) is 82.7. The van der Waals surface area contributed by atoms with Crippen LogP contribution >= 0.6 is 34.8 Å². The number of amides is 1. The smallest absolute Gasteiger partial charge is 0.350 e. The molecular weight excluding hydrogens is 1590 g/mol. The number of hydrogen-bond donors (Lipinski definition) is 0. The van der Waals surface area contributed by atoms with Gasteiger partial charge < -0.3 is 178 Å². The van der Waals surface area contributed by atoms with Gasteiger partial charge in [0.2, 0.25) is 22.9 Å². The Morgan fingerprint density at radius 3 is 0.783 bits per heavy atom. The van der Waals surface area contributed by atoms with Gasteiger partial charge in [-0.3, -0.25) is 9.59 Å². The quantitative estimate of drug-likeness (QED) is 0.0378. The summed E-state index contributed by atoms with van der Waals surface area (Å²) in [6.45, 7) is -144. The van der Waals surface area contributed by atoms with Crippen LogP contribution in [0.15, 0.2) is 28.7 Å². The lowest BCUT2D eigenvalue weighted by atomic mass is 8.74. The van der Waals surface area contributed by atoms with Crippen molar-refractivity contribution in [3.05, 3.63) is 41.5 Å². The third kappa shape index (κ3) is 30.0. The minimum absolute atomic E-state index is 0.0319. The van der Waals surface area contributed by atoms with Gasteiger partial charge in [-0.05, 0) is 35.7 Å². The fourth-order valence-electron chi connectivity index (χ4n) is 8.27. The van der Waals surface area contributed by atoms with Crippen molar-refractivity contribution in [3.63, 3.8) is 0 Å². The van der Waals surface area contributed by atoms with Gasteiger partial charge in [0, 0.05) is 31.1 Å². The van der Waals surface area contributed by atoms with Gasteiger partial charge in [-0.15, -0.1) is 33.4 Å². The molecule has 540 valence electrons. The standard InChI is InChI=1S/C16H15ClFN3O2.C2H2Cl2O.B20F20.B19F19/c1-10-19-20-16(23-10)12-2-3-13(14(18)8-12)11-4-6-21(7-5-11)15(22)9-17;3-1-2(4)5;21-1-3(23)5(25)7(27)9(29)11(31)13(33)15(35)17(37)19(39)20(40)18(38)16(36)14(34)12(32)10(30)8(28)6(26)4(24)2-22;20-1-3(22)5(24)7(26)9(28)11(30)13(32)15(34)17(36)19(38)18(37)16(35)14(33)12(31)10(29)8(27)6(25)4(23)2-21/h2-4,8H,5-7,9H2,1H3;1H2;;. The molecule has 0 saturated carbocycles. The first-order chi connectivity index (χ1) is 49.0. The Morgan fingerprint density at radius 2 is 0.623 bits per heavy atom. The third-order valence-electron chi connectivity index (χ3n) is 14.4. The molecule has 2 heterocycles. The Balaban J connectivity index is 0.00000155. The number of aryl methyl sites for hydroxylation is 1. The Bertz CT molecular complexity index is 2760. The molecule has 0 saturated heterocycles. The largest absolute Gasteiger partial charge is 0.421 e. The van der Waals surface area contributed by atoms with E-state index in [1.807, 2.05) is 6.08 Å². The van der Waals surface area contributed by atoms with E-state index < -0.39 is 272 Å². The summed E-state index contributed by atoms with van der Waals surface area (Å²) in [5, 5.41) is 7.11. The third-order valence-corrected chi connectivity index (χ3v) is 15.1. The molecule has 6 nitrogen and oxygen atoms in total. The van der Waals surface area contributed by atoms with Crippen molar-refractivity contribution in [2.45, 2.75) is 13.3 Å². The second kappa shape index (κ2) is 50.1. The van der Waals surface area contributed by atoms with Gasteiger partial charge in [0.1, 0.15) is 11.7 Å². The van der Waals surface area contributed by atoms with Crippen molar-refractivity contribution >= 4 is 318 Å². The van der Waals surface area contributed by atoms with E-state index in [0.29, 0.717) is 42.4 Å². The molecule has 2 aromatic rings. The number of hydrogen-bond acceptors (Lipinski definition) is 5. The van der Waals surface area contributed by atoms with Gasteiger partial charge in [-0.25, -0.2) is 4.39 Å². The number of aromatic nitrogens is 2. The topological polar surface area (TPSA) is 76.3 Å². The maximum Gasteiger partial charge on any atom is 0.350 e. The highest BCUT2D eigenvalue weighted by atomic mass is 35.5. The first-order valence-electron chi connectivity index (χ1n) is 29.1. The molecule has 4 radical (unpaired) electrons. The molecular formula is C18H17B39Cl3F40N3O3. The second-order valence-electron chi connectivity index (χ2n) is 21.8. The summed E-state index contributed by atoms with van der Waals surface area (Å²) in [6.07, 6.45) is 2.46. The first-order valence-corrected chi connectivity index (χ1v) is 30.5. The normalized spacial score (nSPS) is 10.9. The van der Waals surface area contributed by atoms with Crippen molar-refractivity contribution in [1.29, 1.82) is 0 Å². The van der Waals surface area contributed by atoms with Gasteiger partial charge in [-0.2, -0.15) is 0 Å². The van der Waals surface area contributed by atoms with Crippen LogP contribution in [0, 0.1) is 12.7 Å². The van der Waals surface area contributed by atoms with Gasteiger partial charge in [0.15, 0.2) is 0 Å². The van der Waals surface area contributed by atoms with E-state index in [9.17, 15) is 182 Å². The van der Waals surface area contributed by atoms with E-state index in [2.05, 4.69) is 10.2 Å². The van der Waals surface area contributed by atoms with Gasteiger partial charge in [-0.1, -0.05) is 12.1 Å². The zero-order valence-electron chi connectivity index (χ0n) is 52.2. The van der Waals surface area contributed by atoms with Crippen LogP contribution in [0.1, 0.15) is 17.9 Å². The Morgan fingerprint density at radius 1 is 0.396 bits per heavy atom. The minimum atomic E-state index is -4.50. The lowest BCUT2D eigenvalue weighted by Gasteiger charge is -2.26. The summed E-state index contributed by atoms with van der Waals surface area (Å²) < 4.78 is 538. The molecule has 0 fully saturated rings. The molecule has 0 N–H and O–H groups in total. The fourth-order valence-corrected chi connectivity index (χ4v) is 8.44. The Labute approximate surface area is 608 Å². The molecule has 1 aliphatic rings. The van der Waals surface area contributed by atoms with E-state index in [1.165, 1.54) is 6.07 Å². The molecule has 0 bridgehead atoms. The number of rotatable bonds is 41. The van der Waals surface area contributed by atoms with E-state index >= 15 is 0 Å². The predicted molar refractivity (Wildman–Crippen MR) is 374 cm³/mol. The molecule has 1 aromatic carbocycles. The lowest BCUT2D eigenvalue weighted by Crippen LogP contribution is -2.68. The van der Waals surface area contributed by atoms with Crippen LogP contribution in [-0.4, -0.2) is 318 Å². The van der Waals surface area contributed by atoms with E-state index in [1.54, 1.807) is 24.0 Å². The van der Waals surface area contributed by atoms with E-state index in [-0.39, 0.29) is 23.5 Å². The van der Waals surface area contributed by atoms with Gasteiger partial charge in [0.05, 0.1) is 5.88 Å². The molecule has 88 heteroatoms. The lowest BCUT2D eigenvalue weighted by molar-refractivity contribution is -0.128. The molecule has 0 atom stereocenters. The second-order valence-corrected chi connectivity index (χ2v) is 22.8. The molecule has 1 aromatic heterocycles. The highest BCUT2D eigenvalue weighted by Crippen LogP contribution is 2.30. The number of carbonyl (C=O) groups is 2. The monoisotopic (exact) mass is 1620 g/mol. The van der Waals surface area contributed by atoms with Gasteiger partial charge >= 0.3 is 267 Å². The maximum atomic E-state index is 14.4. The van der Waals surface area contributed by atoms with Gasteiger partial charge in [0.25, 0.3) is 0 Å². The molecule has 0 spiro atoms. The van der Waals surface area contributed by atoms with Crippen LogP contribution < -0.4 is 0 Å². The summed E-state index contributed by atoms with van der Waals surface area (Å²) in [7, 11) is -4.76. The Kier molecular flexibility index (Phi) is 49.1. The molecule has 0 unspecified atom stereocenters. The van der Waals surface area contributed by atoms with E-state index in [0.717, 1.165) is 5.57 Å². The molecule has 106 heavy (non-hydrogen) atoms. The van der Waals surface area contributed by atoms with Crippen LogP contribution in [-0.2, 0) is 9.59 Å². The minimum Gasteiger partial charge on any atom is -0.421 e. The van der Waals surface area contributed by atoms with E-state index in [4.69, 9.17) is 39.2 Å². The van der Waals surface area contributed by atoms with Crippen LogP contribution in [0.25, 0.3) is 17.0 Å². The summed E-state index contributed by atoms with van der Waals surface area (Å²) in [6, 6.07) is 4.84. The van der Waals surface area contributed by atoms with Crippen molar-refractivity contribution in [2.75, 3.05) is 24.8 Å². The average molecular weight is 1610 g/mol. The Hall–Kier alpha value is -2.16. The SMILES string of the molecule is Cc1nnc(-c2ccc(C3=CCN(C(=O)CCl)CC3)c(F)c2)o1.F[B]B(F)B(F)B(F)B(F)B(F)B(F)B(F)B(F)B(F)B(F)B(F)B(F)B(F)B(F)B(F)B(F)B(F)B(F)[B]F.F[B]B(F)B(F)B(F)B(F)B(F)B(F)B(F)B(F)B(F)B(F)B(F)B(F)B(F)B(F)B(F)B(F)B(F)[B]F.O=C(Cl)CCl. The van der Waals surface area contributed by atoms with Crippen LogP contribution in [0.3, 0.4) is 0 Å².